The SMILES string of the molecule is Clc1ccc(NC(=Nc2ccccc2C#Cc2ccccc2)N2CCCCC2)cc1. The monoisotopic (exact) mass is 413 g/mol. The van der Waals surface area contributed by atoms with Gasteiger partial charge in [-0.2, -0.15) is 0 Å². The van der Waals surface area contributed by atoms with E-state index in [-0.39, 0.29) is 0 Å². The van der Waals surface area contributed by atoms with E-state index in [1.54, 1.807) is 0 Å². The van der Waals surface area contributed by atoms with E-state index in [1.807, 2.05) is 78.9 Å². The van der Waals surface area contributed by atoms with Crippen molar-refractivity contribution in [1.82, 2.24) is 4.90 Å². The zero-order valence-electron chi connectivity index (χ0n) is 16.8. The largest absolute Gasteiger partial charge is 0.342 e. The maximum Gasteiger partial charge on any atom is 0.203 e. The summed E-state index contributed by atoms with van der Waals surface area (Å²) in [4.78, 5) is 7.33. The summed E-state index contributed by atoms with van der Waals surface area (Å²) in [5.41, 5.74) is 3.74. The standard InChI is InChI=1S/C26H24ClN3/c27-23-15-17-24(18-16-23)28-26(30-19-7-2-8-20-30)29-25-12-6-5-11-22(25)14-13-21-9-3-1-4-10-21/h1,3-6,9-12,15-18H,2,7-8,19-20H2,(H,28,29). The molecular weight excluding hydrogens is 390 g/mol. The Labute approximate surface area is 183 Å². The van der Waals surface area contributed by atoms with Gasteiger partial charge in [-0.25, -0.2) is 4.99 Å². The summed E-state index contributed by atoms with van der Waals surface area (Å²) in [5, 5.41) is 4.22. The number of guanidine groups is 1. The van der Waals surface area contributed by atoms with Gasteiger partial charge in [-0.3, -0.25) is 0 Å². The average molecular weight is 414 g/mol. The molecule has 3 aromatic carbocycles. The van der Waals surface area contributed by atoms with E-state index in [4.69, 9.17) is 16.6 Å². The van der Waals surface area contributed by atoms with Gasteiger partial charge in [0, 0.05) is 29.4 Å². The van der Waals surface area contributed by atoms with E-state index >= 15 is 0 Å². The highest BCUT2D eigenvalue weighted by atomic mass is 35.5. The maximum atomic E-state index is 6.05. The molecule has 150 valence electrons. The number of halogens is 1. The molecule has 0 saturated carbocycles. The van der Waals surface area contributed by atoms with Crippen LogP contribution in [0.2, 0.25) is 5.02 Å². The molecule has 1 aliphatic heterocycles. The van der Waals surface area contributed by atoms with Crippen molar-refractivity contribution in [3.05, 3.63) is 95.0 Å². The number of nitrogens with zero attached hydrogens (tertiary/aromatic N) is 2. The first-order chi connectivity index (χ1) is 14.8. The third kappa shape index (κ3) is 5.43. The number of aliphatic imine (C=N–C) groups is 1. The lowest BCUT2D eigenvalue weighted by atomic mass is 10.1. The number of nitrogens with one attached hydrogen (secondary N) is 1. The summed E-state index contributed by atoms with van der Waals surface area (Å²) in [6, 6.07) is 25.8. The van der Waals surface area contributed by atoms with Crippen LogP contribution in [0.4, 0.5) is 11.4 Å². The molecule has 0 radical (unpaired) electrons. The third-order valence-electron chi connectivity index (χ3n) is 5.00. The highest BCUT2D eigenvalue weighted by molar-refractivity contribution is 6.30. The molecule has 1 heterocycles. The van der Waals surface area contributed by atoms with Crippen LogP contribution in [0.3, 0.4) is 0 Å². The Morgan fingerprint density at radius 2 is 1.50 bits per heavy atom. The third-order valence-corrected chi connectivity index (χ3v) is 5.25. The molecule has 1 aliphatic rings. The molecule has 0 amide bonds. The van der Waals surface area contributed by atoms with Crippen LogP contribution in [0.5, 0.6) is 0 Å². The number of benzene rings is 3. The van der Waals surface area contributed by atoms with E-state index in [9.17, 15) is 0 Å². The Hall–Kier alpha value is -3.22. The van der Waals surface area contributed by atoms with Crippen LogP contribution in [0, 0.1) is 11.8 Å². The fourth-order valence-corrected chi connectivity index (χ4v) is 3.52. The molecule has 1 N–H and O–H groups in total. The Balaban J connectivity index is 1.67. The van der Waals surface area contributed by atoms with Crippen molar-refractivity contribution in [1.29, 1.82) is 0 Å². The molecule has 0 atom stereocenters. The summed E-state index contributed by atoms with van der Waals surface area (Å²) in [5.74, 6) is 7.38. The van der Waals surface area contributed by atoms with Crippen molar-refractivity contribution >= 4 is 28.9 Å². The topological polar surface area (TPSA) is 27.6 Å². The molecule has 30 heavy (non-hydrogen) atoms. The van der Waals surface area contributed by atoms with Crippen LogP contribution in [0.25, 0.3) is 0 Å². The van der Waals surface area contributed by atoms with Gasteiger partial charge in [-0.1, -0.05) is 53.8 Å². The normalized spacial score (nSPS) is 14.0. The number of piperidine rings is 1. The maximum absolute atomic E-state index is 6.05. The van der Waals surface area contributed by atoms with E-state index in [1.165, 1.54) is 19.3 Å². The van der Waals surface area contributed by atoms with Gasteiger partial charge in [0.2, 0.25) is 5.96 Å². The summed E-state index contributed by atoms with van der Waals surface area (Å²) >= 11 is 6.05. The van der Waals surface area contributed by atoms with Gasteiger partial charge in [-0.15, -0.1) is 0 Å². The number of para-hydroxylation sites is 1. The Kier molecular flexibility index (Phi) is 6.69. The Morgan fingerprint density at radius 3 is 2.27 bits per heavy atom. The van der Waals surface area contributed by atoms with Crippen molar-refractivity contribution in [2.24, 2.45) is 4.99 Å². The smallest absolute Gasteiger partial charge is 0.203 e. The van der Waals surface area contributed by atoms with Crippen LogP contribution < -0.4 is 5.32 Å². The molecule has 3 aromatic rings. The zero-order chi connectivity index (χ0) is 20.6. The first kappa shape index (κ1) is 20.1. The lowest BCUT2D eigenvalue weighted by Gasteiger charge is -2.30. The molecule has 1 fully saturated rings. The van der Waals surface area contributed by atoms with E-state index in [2.05, 4.69) is 22.1 Å². The Morgan fingerprint density at radius 1 is 0.800 bits per heavy atom. The van der Waals surface area contributed by atoms with Crippen LogP contribution in [-0.2, 0) is 0 Å². The molecule has 0 aromatic heterocycles. The van der Waals surface area contributed by atoms with Gasteiger partial charge in [0.15, 0.2) is 0 Å². The number of hydrogen-bond donors (Lipinski definition) is 1. The molecule has 0 spiro atoms. The lowest BCUT2D eigenvalue weighted by Crippen LogP contribution is -2.39. The van der Waals surface area contributed by atoms with Gasteiger partial charge >= 0.3 is 0 Å². The van der Waals surface area contributed by atoms with Crippen LogP contribution >= 0.6 is 11.6 Å². The predicted molar refractivity (Wildman–Crippen MR) is 126 cm³/mol. The number of rotatable bonds is 2. The van der Waals surface area contributed by atoms with Crippen molar-refractivity contribution in [2.75, 3.05) is 18.4 Å². The van der Waals surface area contributed by atoms with Crippen molar-refractivity contribution in [3.63, 3.8) is 0 Å². The minimum absolute atomic E-state index is 0.721. The second-order valence-electron chi connectivity index (χ2n) is 7.25. The molecule has 0 bridgehead atoms. The summed E-state index contributed by atoms with van der Waals surface area (Å²) in [7, 11) is 0. The molecule has 4 heteroatoms. The first-order valence-electron chi connectivity index (χ1n) is 10.3. The lowest BCUT2D eigenvalue weighted by molar-refractivity contribution is 0.341. The van der Waals surface area contributed by atoms with Gasteiger partial charge in [0.1, 0.15) is 0 Å². The van der Waals surface area contributed by atoms with E-state index < -0.39 is 0 Å². The Bertz CT molecular complexity index is 1060. The minimum atomic E-state index is 0.721. The van der Waals surface area contributed by atoms with E-state index in [0.29, 0.717) is 0 Å². The molecule has 0 aliphatic carbocycles. The highest BCUT2D eigenvalue weighted by Crippen LogP contribution is 2.22. The van der Waals surface area contributed by atoms with Gasteiger partial charge < -0.3 is 10.2 Å². The second-order valence-corrected chi connectivity index (χ2v) is 7.68. The van der Waals surface area contributed by atoms with Crippen molar-refractivity contribution in [3.8, 4) is 11.8 Å². The fraction of sp³-hybridized carbons (Fsp3) is 0.192. The quantitative estimate of drug-likeness (QED) is 0.302. The van der Waals surface area contributed by atoms with Crippen molar-refractivity contribution < 1.29 is 0 Å². The molecule has 1 saturated heterocycles. The molecular formula is C26H24ClN3. The molecule has 4 rings (SSSR count). The van der Waals surface area contributed by atoms with Gasteiger partial charge in [-0.05, 0) is 67.8 Å². The predicted octanol–water partition coefficient (Wildman–Crippen LogP) is 6.33. The van der Waals surface area contributed by atoms with Gasteiger partial charge in [0.25, 0.3) is 0 Å². The first-order valence-corrected chi connectivity index (χ1v) is 10.7. The highest BCUT2D eigenvalue weighted by Gasteiger charge is 2.16. The minimum Gasteiger partial charge on any atom is -0.342 e. The molecule has 3 nitrogen and oxygen atoms in total. The summed E-state index contributed by atoms with van der Waals surface area (Å²) in [6.07, 6.45) is 3.62. The second kappa shape index (κ2) is 10.0. The summed E-state index contributed by atoms with van der Waals surface area (Å²) < 4.78 is 0. The zero-order valence-corrected chi connectivity index (χ0v) is 17.6. The molecule has 0 unspecified atom stereocenters. The van der Waals surface area contributed by atoms with Crippen molar-refractivity contribution in [2.45, 2.75) is 19.3 Å². The number of hydrogen-bond acceptors (Lipinski definition) is 1. The van der Waals surface area contributed by atoms with Crippen LogP contribution in [0.1, 0.15) is 30.4 Å². The number of anilines is 1. The number of likely N-dealkylation sites (tertiary alicyclic amines) is 1. The van der Waals surface area contributed by atoms with Crippen LogP contribution in [-0.4, -0.2) is 23.9 Å². The van der Waals surface area contributed by atoms with E-state index in [0.717, 1.165) is 46.6 Å². The van der Waals surface area contributed by atoms with Gasteiger partial charge in [0.05, 0.1) is 11.3 Å². The fourth-order valence-electron chi connectivity index (χ4n) is 3.40. The van der Waals surface area contributed by atoms with Crippen LogP contribution in [0.15, 0.2) is 83.9 Å². The summed E-state index contributed by atoms with van der Waals surface area (Å²) in [6.45, 7) is 1.99. The average Bonchev–Trinajstić information content (AvgIpc) is 2.81.